The van der Waals surface area contributed by atoms with E-state index in [2.05, 4.69) is 0 Å². The smallest absolute Gasteiger partial charge is 0.290 e. The third kappa shape index (κ3) is 5.47. The molecule has 31 heavy (non-hydrogen) atoms. The number of rotatable bonds is 9. The fraction of sp³-hybridized carbons (Fsp3) is 0.280. The first kappa shape index (κ1) is 22.4. The summed E-state index contributed by atoms with van der Waals surface area (Å²) >= 11 is 0. The largest absolute Gasteiger partial charge is 0.503 e. The number of hydrogen-bond acceptors (Lipinski definition) is 4. The number of aliphatic hydroxyl groups is 1. The Morgan fingerprint density at radius 1 is 1.19 bits per heavy atom. The molecule has 0 spiro atoms. The number of benzene rings is 2. The molecule has 1 heterocycles. The maximum atomic E-state index is 13.9. The molecule has 6 heteroatoms. The zero-order chi connectivity index (χ0) is 22.4. The van der Waals surface area contributed by atoms with Crippen LogP contribution in [0, 0.1) is 5.82 Å². The monoisotopic (exact) mass is 423 g/mol. The highest BCUT2D eigenvalue weighted by molar-refractivity contribution is 6.14. The van der Waals surface area contributed by atoms with Crippen LogP contribution in [0.15, 0.2) is 72.0 Å². The van der Waals surface area contributed by atoms with Crippen molar-refractivity contribution in [3.63, 3.8) is 0 Å². The van der Waals surface area contributed by atoms with Gasteiger partial charge >= 0.3 is 0 Å². The van der Waals surface area contributed by atoms with Crippen molar-refractivity contribution in [2.75, 3.05) is 13.2 Å². The molecule has 0 unspecified atom stereocenters. The van der Waals surface area contributed by atoms with Crippen LogP contribution < -0.4 is 0 Å². The van der Waals surface area contributed by atoms with Crippen LogP contribution >= 0.6 is 0 Å². The van der Waals surface area contributed by atoms with Gasteiger partial charge in [-0.25, -0.2) is 4.39 Å². The average Bonchev–Trinajstić information content (AvgIpc) is 3.00. The molecule has 1 aliphatic rings. The molecule has 0 fully saturated rings. The molecule has 1 N–H and O–H groups in total. The molecule has 1 amide bonds. The minimum Gasteiger partial charge on any atom is -0.503 e. The number of aliphatic hydroxyl groups excluding tert-OH is 1. The van der Waals surface area contributed by atoms with Gasteiger partial charge in [-0.05, 0) is 49.6 Å². The Bertz CT molecular complexity index is 998. The summed E-state index contributed by atoms with van der Waals surface area (Å²) in [6.45, 7) is 4.52. The van der Waals surface area contributed by atoms with Gasteiger partial charge in [-0.1, -0.05) is 48.5 Å². The minimum absolute atomic E-state index is 0.0486. The second-order valence-electron chi connectivity index (χ2n) is 7.60. The van der Waals surface area contributed by atoms with Gasteiger partial charge < -0.3 is 14.7 Å². The molecule has 0 radical (unpaired) electrons. The lowest BCUT2D eigenvalue weighted by Crippen LogP contribution is -2.32. The summed E-state index contributed by atoms with van der Waals surface area (Å²) in [5, 5.41) is 10.5. The predicted octanol–water partition coefficient (Wildman–Crippen LogP) is 4.62. The Labute approximate surface area is 181 Å². The zero-order valence-corrected chi connectivity index (χ0v) is 17.6. The average molecular weight is 423 g/mol. The van der Waals surface area contributed by atoms with E-state index in [0.29, 0.717) is 18.6 Å². The Morgan fingerprint density at radius 2 is 1.94 bits per heavy atom. The first-order chi connectivity index (χ1) is 14.9. The van der Waals surface area contributed by atoms with Gasteiger partial charge in [0.25, 0.3) is 5.91 Å². The maximum absolute atomic E-state index is 13.9. The van der Waals surface area contributed by atoms with Crippen LogP contribution in [0.2, 0.25) is 0 Å². The highest BCUT2D eigenvalue weighted by atomic mass is 19.1. The van der Waals surface area contributed by atoms with Gasteiger partial charge in [-0.15, -0.1) is 0 Å². The SMILES string of the molecule is CC(C)OCCCN1C(=O)C(O)=C(C(=O)/C=C/c2ccccc2)[C@@H]1c1cccc(F)c1. The standard InChI is InChI=1S/C25H26FNO4/c1-17(2)31-15-7-14-27-23(19-10-6-11-20(26)16-19)22(24(29)25(27)30)21(28)13-12-18-8-4-3-5-9-18/h3-6,8-13,16-17,23,29H,7,14-15H2,1-2H3/b13-12+/t23-/m0/s1. The lowest BCUT2D eigenvalue weighted by molar-refractivity contribution is -0.129. The van der Waals surface area contributed by atoms with Crippen molar-refractivity contribution in [3.8, 4) is 0 Å². The highest BCUT2D eigenvalue weighted by Gasteiger charge is 2.42. The Morgan fingerprint density at radius 3 is 2.61 bits per heavy atom. The number of ketones is 1. The van der Waals surface area contributed by atoms with E-state index >= 15 is 0 Å². The maximum Gasteiger partial charge on any atom is 0.290 e. The quantitative estimate of drug-likeness (QED) is 0.472. The molecule has 0 aliphatic carbocycles. The normalized spacial score (nSPS) is 16.7. The van der Waals surface area contributed by atoms with Gasteiger partial charge in [0.1, 0.15) is 5.82 Å². The number of halogens is 1. The summed E-state index contributed by atoms with van der Waals surface area (Å²) < 4.78 is 19.5. The van der Waals surface area contributed by atoms with Crippen molar-refractivity contribution in [3.05, 3.63) is 88.9 Å². The van der Waals surface area contributed by atoms with Gasteiger partial charge in [-0.2, -0.15) is 0 Å². The van der Waals surface area contributed by atoms with Crippen molar-refractivity contribution in [1.29, 1.82) is 0 Å². The van der Waals surface area contributed by atoms with Crippen molar-refractivity contribution in [1.82, 2.24) is 4.90 Å². The fourth-order valence-electron chi connectivity index (χ4n) is 3.54. The van der Waals surface area contributed by atoms with Gasteiger partial charge in [0.05, 0.1) is 17.7 Å². The zero-order valence-electron chi connectivity index (χ0n) is 17.6. The number of hydrogen-bond donors (Lipinski definition) is 1. The molecule has 2 aromatic rings. The molecule has 5 nitrogen and oxygen atoms in total. The Kier molecular flexibility index (Phi) is 7.36. The topological polar surface area (TPSA) is 66.8 Å². The number of carbonyl (C=O) groups is 2. The molecule has 162 valence electrons. The third-order valence-corrected chi connectivity index (χ3v) is 4.95. The van der Waals surface area contributed by atoms with E-state index in [1.54, 1.807) is 12.1 Å². The number of amides is 1. The highest BCUT2D eigenvalue weighted by Crippen LogP contribution is 2.38. The number of allylic oxidation sites excluding steroid dienone is 1. The Hall–Kier alpha value is -3.25. The van der Waals surface area contributed by atoms with Gasteiger partial charge in [-0.3, -0.25) is 9.59 Å². The van der Waals surface area contributed by atoms with Crippen LogP contribution in [-0.4, -0.2) is 41.0 Å². The molecule has 0 saturated heterocycles. The van der Waals surface area contributed by atoms with Crippen LogP contribution in [0.25, 0.3) is 6.08 Å². The third-order valence-electron chi connectivity index (χ3n) is 4.95. The summed E-state index contributed by atoms with van der Waals surface area (Å²) in [4.78, 5) is 27.2. The van der Waals surface area contributed by atoms with E-state index in [1.165, 1.54) is 29.2 Å². The molecular formula is C25H26FNO4. The van der Waals surface area contributed by atoms with E-state index < -0.39 is 29.3 Å². The molecule has 1 aliphatic heterocycles. The first-order valence-corrected chi connectivity index (χ1v) is 10.3. The summed E-state index contributed by atoms with van der Waals surface area (Å²) in [6, 6.07) is 14.1. The summed E-state index contributed by atoms with van der Waals surface area (Å²) in [6.07, 6.45) is 3.52. The van der Waals surface area contributed by atoms with Gasteiger partial charge in [0.15, 0.2) is 11.5 Å². The van der Waals surface area contributed by atoms with Crippen LogP contribution in [0.4, 0.5) is 4.39 Å². The lowest BCUT2D eigenvalue weighted by Gasteiger charge is -2.26. The predicted molar refractivity (Wildman–Crippen MR) is 117 cm³/mol. The molecule has 0 aromatic heterocycles. The van der Waals surface area contributed by atoms with Crippen molar-refractivity contribution in [2.45, 2.75) is 32.4 Å². The molecule has 1 atom stereocenters. The minimum atomic E-state index is -0.866. The van der Waals surface area contributed by atoms with E-state index in [4.69, 9.17) is 4.74 Å². The van der Waals surface area contributed by atoms with Crippen LogP contribution in [0.1, 0.15) is 37.4 Å². The summed E-state index contributed by atoms with van der Waals surface area (Å²) in [7, 11) is 0. The molecule has 0 saturated carbocycles. The second kappa shape index (κ2) is 10.2. The molecule has 3 rings (SSSR count). The first-order valence-electron chi connectivity index (χ1n) is 10.3. The van der Waals surface area contributed by atoms with Gasteiger partial charge in [0, 0.05) is 13.2 Å². The Balaban J connectivity index is 1.90. The molecule has 2 aromatic carbocycles. The number of carbonyl (C=O) groups excluding carboxylic acids is 2. The van der Waals surface area contributed by atoms with Crippen molar-refractivity contribution in [2.24, 2.45) is 0 Å². The van der Waals surface area contributed by atoms with Crippen molar-refractivity contribution >= 4 is 17.8 Å². The van der Waals surface area contributed by atoms with Gasteiger partial charge in [0.2, 0.25) is 0 Å². The fourth-order valence-corrected chi connectivity index (χ4v) is 3.54. The van der Waals surface area contributed by atoms with Crippen LogP contribution in [0.3, 0.4) is 0 Å². The van der Waals surface area contributed by atoms with E-state index in [0.717, 1.165) is 5.56 Å². The molecular weight excluding hydrogens is 397 g/mol. The van der Waals surface area contributed by atoms with E-state index in [1.807, 2.05) is 44.2 Å². The molecule has 0 bridgehead atoms. The lowest BCUT2D eigenvalue weighted by atomic mass is 9.95. The second-order valence-corrected chi connectivity index (χ2v) is 7.60. The number of nitrogens with zero attached hydrogens (tertiary/aromatic N) is 1. The van der Waals surface area contributed by atoms with Crippen molar-refractivity contribution < 1.29 is 23.8 Å². The van der Waals surface area contributed by atoms with E-state index in [-0.39, 0.29) is 18.2 Å². The summed E-state index contributed by atoms with van der Waals surface area (Å²) in [5.41, 5.74) is 1.19. The van der Waals surface area contributed by atoms with E-state index in [9.17, 15) is 19.1 Å². The summed E-state index contributed by atoms with van der Waals surface area (Å²) in [5.74, 6) is -2.21. The van der Waals surface area contributed by atoms with Crippen LogP contribution in [0.5, 0.6) is 0 Å². The van der Waals surface area contributed by atoms with Crippen LogP contribution in [-0.2, 0) is 14.3 Å². The number of ether oxygens (including phenoxy) is 1.